The summed E-state index contributed by atoms with van der Waals surface area (Å²) in [6.45, 7) is 9.40. The van der Waals surface area contributed by atoms with Gasteiger partial charge in [-0.1, -0.05) is 26.8 Å². The summed E-state index contributed by atoms with van der Waals surface area (Å²) in [5.41, 5.74) is 3.20. The Balaban J connectivity index is 1.96. The maximum Gasteiger partial charge on any atom is 0.315 e. The number of rotatable bonds is 3. The molecular weight excluding hydrogens is 264 g/mol. The monoisotopic (exact) mass is 288 g/mol. The van der Waals surface area contributed by atoms with Gasteiger partial charge in [-0.2, -0.15) is 0 Å². The Morgan fingerprint density at radius 2 is 2.00 bits per heavy atom. The largest absolute Gasteiger partial charge is 0.338 e. The van der Waals surface area contributed by atoms with Gasteiger partial charge in [-0.3, -0.25) is 0 Å². The first-order valence-electron chi connectivity index (χ1n) is 7.20. The second-order valence-electron chi connectivity index (χ2n) is 6.64. The van der Waals surface area contributed by atoms with Crippen LogP contribution in [0.3, 0.4) is 0 Å². The van der Waals surface area contributed by atoms with E-state index in [1.165, 1.54) is 0 Å². The van der Waals surface area contributed by atoms with Crippen molar-refractivity contribution in [2.75, 3.05) is 6.54 Å². The number of fused-ring (bicyclic) bond motifs is 1. The van der Waals surface area contributed by atoms with Gasteiger partial charge < -0.3 is 15.2 Å². The number of nitrogens with one attached hydrogen (secondary N) is 2. The summed E-state index contributed by atoms with van der Waals surface area (Å²) in [5, 5.41) is 5.75. The van der Waals surface area contributed by atoms with Gasteiger partial charge in [0.05, 0.1) is 11.0 Å². The molecule has 0 saturated heterocycles. The molecule has 0 aliphatic heterocycles. The zero-order valence-electron chi connectivity index (χ0n) is 13.4. The first kappa shape index (κ1) is 15.4. The van der Waals surface area contributed by atoms with E-state index in [0.717, 1.165) is 22.4 Å². The molecule has 2 amide bonds. The smallest absolute Gasteiger partial charge is 0.315 e. The van der Waals surface area contributed by atoms with Crippen LogP contribution in [-0.2, 0) is 13.6 Å². The number of aryl methyl sites for hydroxylation is 2. The fourth-order valence-corrected chi connectivity index (χ4v) is 2.07. The topological polar surface area (TPSA) is 59.0 Å². The SMILES string of the molecule is Cc1nc2cc(CNC(=O)NCC(C)(C)C)ccc2n1C. The normalized spacial score (nSPS) is 11.7. The van der Waals surface area contributed by atoms with E-state index in [0.29, 0.717) is 13.1 Å². The van der Waals surface area contributed by atoms with Gasteiger partial charge in [-0.05, 0) is 30.0 Å². The Hall–Kier alpha value is -2.04. The minimum absolute atomic E-state index is 0.0851. The van der Waals surface area contributed by atoms with Crippen LogP contribution in [0.25, 0.3) is 11.0 Å². The predicted octanol–water partition coefficient (Wildman–Crippen LogP) is 2.73. The number of hydrogen-bond donors (Lipinski definition) is 2. The van der Waals surface area contributed by atoms with Gasteiger partial charge >= 0.3 is 6.03 Å². The van der Waals surface area contributed by atoms with Gasteiger partial charge in [0, 0.05) is 20.1 Å². The van der Waals surface area contributed by atoms with Crippen LogP contribution in [0, 0.1) is 12.3 Å². The van der Waals surface area contributed by atoms with Gasteiger partial charge in [0.15, 0.2) is 0 Å². The quantitative estimate of drug-likeness (QED) is 0.912. The molecule has 5 nitrogen and oxygen atoms in total. The molecule has 0 bridgehead atoms. The van der Waals surface area contributed by atoms with E-state index < -0.39 is 0 Å². The van der Waals surface area contributed by atoms with Crippen molar-refractivity contribution >= 4 is 17.1 Å². The average Bonchev–Trinajstić information content (AvgIpc) is 2.68. The number of carbonyl (C=O) groups excluding carboxylic acids is 1. The minimum atomic E-state index is -0.137. The number of imidazole rings is 1. The second kappa shape index (κ2) is 5.76. The lowest BCUT2D eigenvalue weighted by Crippen LogP contribution is -2.39. The summed E-state index contributed by atoms with van der Waals surface area (Å²) in [6, 6.07) is 5.95. The number of hydrogen-bond acceptors (Lipinski definition) is 2. The van der Waals surface area contributed by atoms with E-state index >= 15 is 0 Å². The third kappa shape index (κ3) is 3.97. The highest BCUT2D eigenvalue weighted by molar-refractivity contribution is 5.77. The van der Waals surface area contributed by atoms with E-state index in [4.69, 9.17) is 0 Å². The number of amides is 2. The van der Waals surface area contributed by atoms with Crippen LogP contribution in [0.15, 0.2) is 18.2 Å². The maximum atomic E-state index is 11.7. The van der Waals surface area contributed by atoms with Gasteiger partial charge in [0.1, 0.15) is 5.82 Å². The van der Waals surface area contributed by atoms with Crippen LogP contribution >= 0.6 is 0 Å². The molecule has 1 heterocycles. The second-order valence-corrected chi connectivity index (χ2v) is 6.64. The Bertz CT molecular complexity index is 652. The van der Waals surface area contributed by atoms with E-state index in [1.807, 2.05) is 32.2 Å². The minimum Gasteiger partial charge on any atom is -0.338 e. The van der Waals surface area contributed by atoms with Crippen LogP contribution in [-0.4, -0.2) is 22.1 Å². The predicted molar refractivity (Wildman–Crippen MR) is 85.1 cm³/mol. The Morgan fingerprint density at radius 1 is 1.29 bits per heavy atom. The van der Waals surface area contributed by atoms with Crippen LogP contribution in [0.4, 0.5) is 4.79 Å². The maximum absolute atomic E-state index is 11.7. The molecule has 0 radical (unpaired) electrons. The first-order chi connectivity index (χ1) is 9.76. The van der Waals surface area contributed by atoms with Crippen molar-refractivity contribution in [3.05, 3.63) is 29.6 Å². The fraction of sp³-hybridized carbons (Fsp3) is 0.500. The molecule has 2 rings (SSSR count). The molecule has 0 saturated carbocycles. The van der Waals surface area contributed by atoms with Crippen molar-refractivity contribution < 1.29 is 4.79 Å². The van der Waals surface area contributed by atoms with Crippen molar-refractivity contribution in [2.24, 2.45) is 12.5 Å². The van der Waals surface area contributed by atoms with Crippen molar-refractivity contribution in [2.45, 2.75) is 34.2 Å². The Kier molecular flexibility index (Phi) is 4.21. The molecule has 1 aromatic heterocycles. The lowest BCUT2D eigenvalue weighted by Gasteiger charge is -2.18. The van der Waals surface area contributed by atoms with Crippen molar-refractivity contribution in [1.29, 1.82) is 0 Å². The zero-order valence-corrected chi connectivity index (χ0v) is 13.4. The average molecular weight is 288 g/mol. The van der Waals surface area contributed by atoms with Crippen LogP contribution < -0.4 is 10.6 Å². The molecule has 0 fully saturated rings. The summed E-state index contributed by atoms with van der Waals surface area (Å²) in [5.74, 6) is 0.984. The lowest BCUT2D eigenvalue weighted by molar-refractivity contribution is 0.235. The highest BCUT2D eigenvalue weighted by Crippen LogP contribution is 2.16. The van der Waals surface area contributed by atoms with Crippen molar-refractivity contribution in [1.82, 2.24) is 20.2 Å². The van der Waals surface area contributed by atoms with E-state index in [1.54, 1.807) is 0 Å². The summed E-state index contributed by atoms with van der Waals surface area (Å²) in [4.78, 5) is 16.2. The molecule has 21 heavy (non-hydrogen) atoms. The number of aromatic nitrogens is 2. The first-order valence-corrected chi connectivity index (χ1v) is 7.20. The van der Waals surface area contributed by atoms with Gasteiger partial charge in [-0.15, -0.1) is 0 Å². The third-order valence-corrected chi connectivity index (χ3v) is 3.40. The lowest BCUT2D eigenvalue weighted by atomic mass is 9.97. The van der Waals surface area contributed by atoms with Gasteiger partial charge in [0.2, 0.25) is 0 Å². The molecule has 0 spiro atoms. The van der Waals surface area contributed by atoms with E-state index in [-0.39, 0.29) is 11.4 Å². The molecular formula is C16H24N4O. The molecule has 0 aliphatic rings. The fourth-order valence-electron chi connectivity index (χ4n) is 2.07. The summed E-state index contributed by atoms with van der Waals surface area (Å²) in [7, 11) is 2.00. The van der Waals surface area contributed by atoms with Crippen LogP contribution in [0.5, 0.6) is 0 Å². The number of urea groups is 1. The Labute approximate surface area is 125 Å². The zero-order chi connectivity index (χ0) is 15.6. The van der Waals surface area contributed by atoms with Crippen LogP contribution in [0.1, 0.15) is 32.2 Å². The molecule has 1 aromatic carbocycles. The number of nitrogens with zero attached hydrogens (tertiary/aromatic N) is 2. The number of benzene rings is 1. The summed E-state index contributed by atoms with van der Waals surface area (Å²) in [6.07, 6.45) is 0. The van der Waals surface area contributed by atoms with E-state index in [9.17, 15) is 4.79 Å². The van der Waals surface area contributed by atoms with Crippen molar-refractivity contribution in [3.8, 4) is 0 Å². The molecule has 2 N–H and O–H groups in total. The Morgan fingerprint density at radius 3 is 2.67 bits per heavy atom. The van der Waals surface area contributed by atoms with Gasteiger partial charge in [0.25, 0.3) is 0 Å². The molecule has 2 aromatic rings. The third-order valence-electron chi connectivity index (χ3n) is 3.40. The summed E-state index contributed by atoms with van der Waals surface area (Å²) >= 11 is 0. The summed E-state index contributed by atoms with van der Waals surface area (Å²) < 4.78 is 2.06. The molecule has 0 unspecified atom stereocenters. The highest BCUT2D eigenvalue weighted by atomic mass is 16.2. The molecule has 5 heteroatoms. The highest BCUT2D eigenvalue weighted by Gasteiger charge is 2.11. The van der Waals surface area contributed by atoms with Crippen LogP contribution in [0.2, 0.25) is 0 Å². The molecule has 0 atom stereocenters. The number of carbonyl (C=O) groups is 1. The molecule has 114 valence electrons. The van der Waals surface area contributed by atoms with E-state index in [2.05, 4.69) is 41.0 Å². The molecule has 0 aliphatic carbocycles. The van der Waals surface area contributed by atoms with Gasteiger partial charge in [-0.25, -0.2) is 9.78 Å². The standard InChI is InChI=1S/C16H24N4O/c1-11-19-13-8-12(6-7-14(13)20(11)5)9-17-15(21)18-10-16(2,3)4/h6-8H,9-10H2,1-5H3,(H2,17,18,21). The van der Waals surface area contributed by atoms with Crippen molar-refractivity contribution in [3.63, 3.8) is 0 Å².